The van der Waals surface area contributed by atoms with Crippen molar-refractivity contribution in [1.29, 1.82) is 0 Å². The number of benzene rings is 1. The third-order valence-electron chi connectivity index (χ3n) is 3.79. The average molecular weight is 342 g/mol. The second kappa shape index (κ2) is 10.5. The van der Waals surface area contributed by atoms with E-state index in [1.54, 1.807) is 6.20 Å². The second-order valence-corrected chi connectivity index (χ2v) is 6.21. The minimum absolute atomic E-state index is 0.839. The minimum Gasteiger partial charge on any atom is -0.357 e. The van der Waals surface area contributed by atoms with E-state index in [9.17, 15) is 0 Å². The molecule has 0 saturated carbocycles. The molecule has 0 bridgehead atoms. The highest BCUT2D eigenvalue weighted by Gasteiger charge is 2.00. The van der Waals surface area contributed by atoms with Gasteiger partial charge in [-0.05, 0) is 64.2 Å². The fraction of sp³-hybridized carbons (Fsp3) is 0.474. The molecule has 6 nitrogen and oxygen atoms in total. The molecule has 0 aliphatic carbocycles. The van der Waals surface area contributed by atoms with Crippen molar-refractivity contribution < 1.29 is 0 Å². The summed E-state index contributed by atoms with van der Waals surface area (Å²) >= 11 is 0. The summed E-state index contributed by atoms with van der Waals surface area (Å²) in [6.45, 7) is 5.72. The zero-order valence-electron chi connectivity index (χ0n) is 15.6. The maximum Gasteiger partial charge on any atom is 0.191 e. The standard InChI is InChI=1S/C19H30N6/c1-4-20-19(21-12-5-15-24(2)3)22-14-11-17-7-9-18(10-8-17)25-16-6-13-23-25/h6-10,13,16H,4-5,11-12,14-15H2,1-3H3,(H2,20,21,22). The third-order valence-corrected chi connectivity index (χ3v) is 3.79. The van der Waals surface area contributed by atoms with E-state index in [1.165, 1.54) is 5.56 Å². The van der Waals surface area contributed by atoms with Crippen LogP contribution in [0.25, 0.3) is 5.69 Å². The molecule has 1 heterocycles. The van der Waals surface area contributed by atoms with Crippen molar-refractivity contribution in [2.45, 2.75) is 19.8 Å². The Labute approximate surface area is 151 Å². The lowest BCUT2D eigenvalue weighted by Gasteiger charge is -2.12. The number of hydrogen-bond acceptors (Lipinski definition) is 3. The molecule has 0 atom stereocenters. The van der Waals surface area contributed by atoms with Gasteiger partial charge in [0.25, 0.3) is 0 Å². The quantitative estimate of drug-likeness (QED) is 0.415. The molecule has 0 unspecified atom stereocenters. The van der Waals surface area contributed by atoms with Crippen LogP contribution in [0.1, 0.15) is 18.9 Å². The van der Waals surface area contributed by atoms with Gasteiger partial charge < -0.3 is 15.5 Å². The SMILES string of the molecule is CCNC(=NCCCN(C)C)NCCc1ccc(-n2cccn2)cc1. The number of hydrogen-bond donors (Lipinski definition) is 2. The zero-order chi connectivity index (χ0) is 17.9. The van der Waals surface area contributed by atoms with E-state index in [4.69, 9.17) is 0 Å². The van der Waals surface area contributed by atoms with E-state index >= 15 is 0 Å². The van der Waals surface area contributed by atoms with Crippen LogP contribution in [0.5, 0.6) is 0 Å². The molecule has 0 saturated heterocycles. The Morgan fingerprint density at radius 2 is 2.00 bits per heavy atom. The van der Waals surface area contributed by atoms with Gasteiger partial charge in [-0.15, -0.1) is 0 Å². The zero-order valence-corrected chi connectivity index (χ0v) is 15.6. The van der Waals surface area contributed by atoms with Gasteiger partial charge in [-0.1, -0.05) is 12.1 Å². The molecule has 6 heteroatoms. The fourth-order valence-corrected chi connectivity index (χ4v) is 2.48. The molecular weight excluding hydrogens is 312 g/mol. The van der Waals surface area contributed by atoms with E-state index in [-0.39, 0.29) is 0 Å². The summed E-state index contributed by atoms with van der Waals surface area (Å²) in [7, 11) is 4.18. The minimum atomic E-state index is 0.839. The number of rotatable bonds is 9. The molecule has 2 N–H and O–H groups in total. The average Bonchev–Trinajstić information content (AvgIpc) is 3.13. The maximum atomic E-state index is 4.62. The van der Waals surface area contributed by atoms with Crippen molar-refractivity contribution in [3.05, 3.63) is 48.3 Å². The van der Waals surface area contributed by atoms with Crippen LogP contribution in [0.3, 0.4) is 0 Å². The van der Waals surface area contributed by atoms with Gasteiger partial charge in [-0.2, -0.15) is 5.10 Å². The highest BCUT2D eigenvalue weighted by Crippen LogP contribution is 2.08. The Morgan fingerprint density at radius 1 is 1.20 bits per heavy atom. The van der Waals surface area contributed by atoms with Gasteiger partial charge in [0.15, 0.2) is 5.96 Å². The van der Waals surface area contributed by atoms with Crippen molar-refractivity contribution in [3.8, 4) is 5.69 Å². The van der Waals surface area contributed by atoms with Gasteiger partial charge in [0.2, 0.25) is 0 Å². The number of aromatic nitrogens is 2. The van der Waals surface area contributed by atoms with E-state index in [2.05, 4.69) is 70.9 Å². The van der Waals surface area contributed by atoms with E-state index in [0.717, 1.165) is 50.7 Å². The van der Waals surface area contributed by atoms with Crippen LogP contribution in [-0.4, -0.2) is 60.9 Å². The van der Waals surface area contributed by atoms with Crippen molar-refractivity contribution in [1.82, 2.24) is 25.3 Å². The topological polar surface area (TPSA) is 57.5 Å². The summed E-state index contributed by atoms with van der Waals surface area (Å²) in [5.41, 5.74) is 2.38. The van der Waals surface area contributed by atoms with E-state index in [0.29, 0.717) is 0 Å². The molecule has 0 fully saturated rings. The number of guanidine groups is 1. The van der Waals surface area contributed by atoms with Gasteiger partial charge in [-0.3, -0.25) is 4.99 Å². The molecule has 2 aromatic rings. The Balaban J connectivity index is 1.77. The highest BCUT2D eigenvalue weighted by atomic mass is 15.3. The summed E-state index contributed by atoms with van der Waals surface area (Å²) in [4.78, 5) is 6.80. The first-order chi connectivity index (χ1) is 12.2. The first kappa shape index (κ1) is 19.0. The highest BCUT2D eigenvalue weighted by molar-refractivity contribution is 5.79. The molecule has 0 aliphatic rings. The van der Waals surface area contributed by atoms with Crippen LogP contribution in [0, 0.1) is 0 Å². The maximum absolute atomic E-state index is 4.62. The third kappa shape index (κ3) is 6.97. The first-order valence-electron chi connectivity index (χ1n) is 8.95. The molecule has 0 aliphatic heterocycles. The van der Waals surface area contributed by atoms with Crippen LogP contribution < -0.4 is 10.6 Å². The van der Waals surface area contributed by atoms with E-state index in [1.807, 2.05) is 16.9 Å². The lowest BCUT2D eigenvalue weighted by molar-refractivity contribution is 0.403. The van der Waals surface area contributed by atoms with Gasteiger partial charge in [-0.25, -0.2) is 4.68 Å². The predicted molar refractivity (Wildman–Crippen MR) is 104 cm³/mol. The molecule has 0 radical (unpaired) electrons. The van der Waals surface area contributed by atoms with Crippen molar-refractivity contribution >= 4 is 5.96 Å². The van der Waals surface area contributed by atoms with Crippen LogP contribution in [0.2, 0.25) is 0 Å². The Kier molecular flexibility index (Phi) is 7.98. The summed E-state index contributed by atoms with van der Waals surface area (Å²) < 4.78 is 1.87. The molecule has 25 heavy (non-hydrogen) atoms. The Bertz CT molecular complexity index is 616. The van der Waals surface area contributed by atoms with Gasteiger partial charge in [0.1, 0.15) is 0 Å². The van der Waals surface area contributed by atoms with Gasteiger partial charge in [0.05, 0.1) is 5.69 Å². The predicted octanol–water partition coefficient (Wildman–Crippen LogP) is 1.92. The summed E-state index contributed by atoms with van der Waals surface area (Å²) in [5.74, 6) is 0.898. The molecule has 0 spiro atoms. The summed E-state index contributed by atoms with van der Waals surface area (Å²) in [6.07, 6.45) is 5.77. The second-order valence-electron chi connectivity index (χ2n) is 6.21. The van der Waals surface area contributed by atoms with Crippen molar-refractivity contribution in [2.24, 2.45) is 4.99 Å². The smallest absolute Gasteiger partial charge is 0.191 e. The Hall–Kier alpha value is -2.34. The number of aliphatic imine (C=N–C) groups is 1. The van der Waals surface area contributed by atoms with Crippen LogP contribution in [-0.2, 0) is 6.42 Å². The van der Waals surface area contributed by atoms with Crippen molar-refractivity contribution in [3.63, 3.8) is 0 Å². The number of nitrogens with one attached hydrogen (secondary N) is 2. The Morgan fingerprint density at radius 3 is 2.64 bits per heavy atom. The lowest BCUT2D eigenvalue weighted by atomic mass is 10.1. The van der Waals surface area contributed by atoms with Gasteiger partial charge >= 0.3 is 0 Å². The molecule has 136 valence electrons. The van der Waals surface area contributed by atoms with Gasteiger partial charge in [0, 0.05) is 32.0 Å². The summed E-state index contributed by atoms with van der Waals surface area (Å²) in [6, 6.07) is 10.4. The molecule has 0 amide bonds. The van der Waals surface area contributed by atoms with E-state index < -0.39 is 0 Å². The molecule has 1 aromatic carbocycles. The molecule has 2 rings (SSSR count). The van der Waals surface area contributed by atoms with Crippen LogP contribution in [0.4, 0.5) is 0 Å². The number of nitrogens with zero attached hydrogens (tertiary/aromatic N) is 4. The lowest BCUT2D eigenvalue weighted by Crippen LogP contribution is -2.38. The fourth-order valence-electron chi connectivity index (χ4n) is 2.48. The monoisotopic (exact) mass is 342 g/mol. The van der Waals surface area contributed by atoms with Crippen LogP contribution in [0.15, 0.2) is 47.7 Å². The normalized spacial score (nSPS) is 11.8. The molecule has 1 aromatic heterocycles. The van der Waals surface area contributed by atoms with Crippen molar-refractivity contribution in [2.75, 3.05) is 40.3 Å². The molecular formula is C19H30N6. The first-order valence-corrected chi connectivity index (χ1v) is 8.95. The van der Waals surface area contributed by atoms with Crippen LogP contribution >= 0.6 is 0 Å². The summed E-state index contributed by atoms with van der Waals surface area (Å²) in [5, 5.41) is 11.0. The largest absolute Gasteiger partial charge is 0.357 e.